The lowest BCUT2D eigenvalue weighted by atomic mass is 10.1. The Bertz CT molecular complexity index is 782. The molecule has 0 radical (unpaired) electrons. The molecular weight excluding hydrogens is 360 g/mol. The number of sulfonamides is 1. The van der Waals surface area contributed by atoms with E-state index in [2.05, 4.69) is 21.8 Å². The molecule has 0 aromatic heterocycles. The molecule has 2 aromatic carbocycles. The van der Waals surface area contributed by atoms with Gasteiger partial charge in [-0.3, -0.25) is 4.90 Å². The summed E-state index contributed by atoms with van der Waals surface area (Å²) in [6.07, 6.45) is 1.44. The Labute approximate surface area is 162 Å². The van der Waals surface area contributed by atoms with E-state index in [4.69, 9.17) is 4.74 Å². The molecule has 1 aliphatic rings. The van der Waals surface area contributed by atoms with E-state index in [1.165, 1.54) is 5.56 Å². The Morgan fingerprint density at radius 1 is 1.04 bits per heavy atom. The molecule has 27 heavy (non-hydrogen) atoms. The molecule has 0 amide bonds. The third kappa shape index (κ3) is 6.74. The molecule has 3 rings (SSSR count). The van der Waals surface area contributed by atoms with Gasteiger partial charge in [0.15, 0.2) is 0 Å². The van der Waals surface area contributed by atoms with Crippen LogP contribution < -0.4 is 4.72 Å². The average molecular weight is 389 g/mol. The smallest absolute Gasteiger partial charge is 0.211 e. The zero-order valence-electron chi connectivity index (χ0n) is 15.6. The summed E-state index contributed by atoms with van der Waals surface area (Å²) < 4.78 is 32.9. The first kappa shape index (κ1) is 20.0. The van der Waals surface area contributed by atoms with Crippen molar-refractivity contribution in [2.75, 3.05) is 38.5 Å². The van der Waals surface area contributed by atoms with Gasteiger partial charge in [-0.1, -0.05) is 60.7 Å². The Morgan fingerprint density at radius 3 is 2.48 bits per heavy atom. The van der Waals surface area contributed by atoms with Crippen LogP contribution in [-0.2, 0) is 21.2 Å². The van der Waals surface area contributed by atoms with Gasteiger partial charge in [-0.05, 0) is 30.5 Å². The molecule has 1 fully saturated rings. The second kappa shape index (κ2) is 9.99. The summed E-state index contributed by atoms with van der Waals surface area (Å²) in [6, 6.07) is 20.0. The van der Waals surface area contributed by atoms with Crippen molar-refractivity contribution in [1.29, 1.82) is 0 Å². The van der Waals surface area contributed by atoms with E-state index in [1.54, 1.807) is 0 Å². The lowest BCUT2D eigenvalue weighted by Crippen LogP contribution is -2.40. The molecule has 1 atom stereocenters. The first-order valence-corrected chi connectivity index (χ1v) is 11.2. The van der Waals surface area contributed by atoms with E-state index in [0.717, 1.165) is 31.6 Å². The third-order valence-electron chi connectivity index (χ3n) is 4.80. The van der Waals surface area contributed by atoms with Gasteiger partial charge in [-0.25, -0.2) is 13.1 Å². The minimum absolute atomic E-state index is 0.0996. The van der Waals surface area contributed by atoms with Crippen molar-refractivity contribution in [2.24, 2.45) is 0 Å². The monoisotopic (exact) mass is 388 g/mol. The predicted octanol–water partition coefficient (Wildman–Crippen LogP) is 2.61. The van der Waals surface area contributed by atoms with Crippen molar-refractivity contribution in [3.8, 4) is 0 Å². The van der Waals surface area contributed by atoms with Gasteiger partial charge in [0.25, 0.3) is 0 Å². The van der Waals surface area contributed by atoms with Gasteiger partial charge in [0.2, 0.25) is 10.0 Å². The van der Waals surface area contributed by atoms with E-state index in [9.17, 15) is 8.42 Å². The quantitative estimate of drug-likeness (QED) is 0.671. The van der Waals surface area contributed by atoms with Crippen LogP contribution in [0, 0.1) is 0 Å². The maximum absolute atomic E-state index is 12.1. The highest BCUT2D eigenvalue weighted by atomic mass is 32.2. The van der Waals surface area contributed by atoms with Crippen molar-refractivity contribution in [3.05, 3.63) is 71.8 Å². The molecule has 0 unspecified atom stereocenters. The van der Waals surface area contributed by atoms with Crippen LogP contribution in [0.25, 0.3) is 0 Å². The maximum Gasteiger partial charge on any atom is 0.211 e. The van der Waals surface area contributed by atoms with Crippen molar-refractivity contribution in [3.63, 3.8) is 0 Å². The Kier molecular flexibility index (Phi) is 7.41. The fourth-order valence-electron chi connectivity index (χ4n) is 3.27. The van der Waals surface area contributed by atoms with E-state index < -0.39 is 10.0 Å². The van der Waals surface area contributed by atoms with Crippen LogP contribution in [0.4, 0.5) is 0 Å². The highest BCUT2D eigenvalue weighted by Gasteiger charge is 2.21. The first-order valence-electron chi connectivity index (χ1n) is 9.52. The van der Waals surface area contributed by atoms with E-state index >= 15 is 0 Å². The van der Waals surface area contributed by atoms with Gasteiger partial charge >= 0.3 is 0 Å². The molecule has 1 aliphatic heterocycles. The molecule has 2 aromatic rings. The molecule has 1 saturated heterocycles. The standard InChI is InChI=1S/C21H28N2O3S/c24-27(25,17-12-19-8-3-1-4-9-19)22-13-7-14-23-15-16-26-21(18-23)20-10-5-2-6-11-20/h1-6,8-11,21-22H,7,12-18H2/t21-/m1/s1. The topological polar surface area (TPSA) is 58.6 Å². The average Bonchev–Trinajstić information content (AvgIpc) is 2.72. The van der Waals surface area contributed by atoms with Gasteiger partial charge < -0.3 is 4.74 Å². The zero-order valence-corrected chi connectivity index (χ0v) is 16.4. The van der Waals surface area contributed by atoms with Crippen LogP contribution in [0.1, 0.15) is 23.7 Å². The molecule has 5 nitrogen and oxygen atoms in total. The minimum Gasteiger partial charge on any atom is -0.371 e. The zero-order chi connectivity index (χ0) is 19.0. The molecule has 1 N–H and O–H groups in total. The maximum atomic E-state index is 12.1. The second-order valence-electron chi connectivity index (χ2n) is 6.87. The third-order valence-corrected chi connectivity index (χ3v) is 6.18. The molecular formula is C21H28N2O3S. The van der Waals surface area contributed by atoms with Gasteiger partial charge in [0, 0.05) is 19.6 Å². The second-order valence-corrected chi connectivity index (χ2v) is 8.80. The normalized spacial score (nSPS) is 18.4. The number of hydrogen-bond donors (Lipinski definition) is 1. The Hall–Kier alpha value is -1.73. The molecule has 0 saturated carbocycles. The van der Waals surface area contributed by atoms with Crippen LogP contribution in [0.2, 0.25) is 0 Å². The Morgan fingerprint density at radius 2 is 1.74 bits per heavy atom. The summed E-state index contributed by atoms with van der Waals surface area (Å²) in [5.41, 5.74) is 2.24. The number of morpholine rings is 1. The number of hydrogen-bond acceptors (Lipinski definition) is 4. The molecule has 0 spiro atoms. The summed E-state index contributed by atoms with van der Waals surface area (Å²) in [7, 11) is -3.23. The minimum atomic E-state index is -3.23. The molecule has 0 aliphatic carbocycles. The molecule has 6 heteroatoms. The highest BCUT2D eigenvalue weighted by molar-refractivity contribution is 7.89. The largest absolute Gasteiger partial charge is 0.371 e. The fourth-order valence-corrected chi connectivity index (χ4v) is 4.38. The lowest BCUT2D eigenvalue weighted by molar-refractivity contribution is -0.0300. The van der Waals surface area contributed by atoms with Crippen LogP contribution in [0.3, 0.4) is 0 Å². The highest BCUT2D eigenvalue weighted by Crippen LogP contribution is 2.21. The van der Waals surface area contributed by atoms with Crippen LogP contribution in [0.15, 0.2) is 60.7 Å². The van der Waals surface area contributed by atoms with Crippen LogP contribution in [0.5, 0.6) is 0 Å². The number of rotatable bonds is 9. The van der Waals surface area contributed by atoms with Gasteiger partial charge in [-0.15, -0.1) is 0 Å². The first-order chi connectivity index (χ1) is 13.1. The number of benzene rings is 2. The summed E-state index contributed by atoms with van der Waals surface area (Å²) in [6.45, 7) is 3.80. The van der Waals surface area contributed by atoms with Crippen molar-refractivity contribution in [2.45, 2.75) is 18.9 Å². The van der Waals surface area contributed by atoms with Crippen LogP contribution >= 0.6 is 0 Å². The predicted molar refractivity (Wildman–Crippen MR) is 108 cm³/mol. The van der Waals surface area contributed by atoms with Crippen LogP contribution in [-0.4, -0.2) is 51.9 Å². The fraction of sp³-hybridized carbons (Fsp3) is 0.429. The van der Waals surface area contributed by atoms with Crippen molar-refractivity contribution in [1.82, 2.24) is 9.62 Å². The van der Waals surface area contributed by atoms with Gasteiger partial charge in [-0.2, -0.15) is 0 Å². The van der Waals surface area contributed by atoms with Crippen molar-refractivity contribution < 1.29 is 13.2 Å². The van der Waals surface area contributed by atoms with E-state index in [-0.39, 0.29) is 11.9 Å². The molecule has 146 valence electrons. The molecule has 1 heterocycles. The summed E-state index contributed by atoms with van der Waals surface area (Å²) in [5, 5.41) is 0. The van der Waals surface area contributed by atoms with Crippen molar-refractivity contribution >= 4 is 10.0 Å². The summed E-state index contributed by atoms with van der Waals surface area (Å²) in [5.74, 6) is 0.130. The summed E-state index contributed by atoms with van der Waals surface area (Å²) >= 11 is 0. The number of ether oxygens (including phenoxy) is 1. The number of nitrogens with one attached hydrogen (secondary N) is 1. The Balaban J connectivity index is 1.36. The van der Waals surface area contributed by atoms with E-state index in [1.807, 2.05) is 48.5 Å². The summed E-state index contributed by atoms with van der Waals surface area (Å²) in [4.78, 5) is 2.35. The van der Waals surface area contributed by atoms with Gasteiger partial charge in [0.05, 0.1) is 18.5 Å². The molecule has 0 bridgehead atoms. The number of nitrogens with zero attached hydrogens (tertiary/aromatic N) is 1. The van der Waals surface area contributed by atoms with Gasteiger partial charge in [0.1, 0.15) is 0 Å². The lowest BCUT2D eigenvalue weighted by Gasteiger charge is -2.33. The van der Waals surface area contributed by atoms with E-state index in [0.29, 0.717) is 19.6 Å². The number of aryl methyl sites for hydroxylation is 1. The SMILES string of the molecule is O=S(=O)(CCc1ccccc1)NCCCN1CCO[C@@H](c2ccccc2)C1.